The number of amides is 3. The Balaban J connectivity index is 2.14. The van der Waals surface area contributed by atoms with E-state index in [-0.39, 0.29) is 6.10 Å². The number of imide groups is 1. The van der Waals surface area contributed by atoms with Crippen molar-refractivity contribution < 1.29 is 14.3 Å². The van der Waals surface area contributed by atoms with Gasteiger partial charge in [0.05, 0.1) is 0 Å². The van der Waals surface area contributed by atoms with Crippen LogP contribution in [0, 0.1) is 0 Å². The maximum Gasteiger partial charge on any atom is 0.415 e. The fourth-order valence-corrected chi connectivity index (χ4v) is 0.467. The number of hydrogen-bond acceptors (Lipinski definition) is 3. The quantitative estimate of drug-likeness (QED) is 0.541. The predicted molar refractivity (Wildman–Crippen MR) is 32.2 cm³/mol. The summed E-state index contributed by atoms with van der Waals surface area (Å²) in [4.78, 5) is 20.5. The molecule has 0 aromatic rings. The third-order valence-electron chi connectivity index (χ3n) is 1.02. The second-order valence-corrected chi connectivity index (χ2v) is 2.09. The number of carbonyl (C=O) groups excluding carboxylic acids is 2. The molecule has 1 aliphatic carbocycles. The Morgan fingerprint density at radius 1 is 1.50 bits per heavy atom. The summed E-state index contributed by atoms with van der Waals surface area (Å²) in [5.41, 5.74) is 4.64. The van der Waals surface area contributed by atoms with E-state index >= 15 is 0 Å². The predicted octanol–water partition coefficient (Wildman–Crippen LogP) is -0.0463. The molecule has 3 amide bonds. The van der Waals surface area contributed by atoms with Crippen molar-refractivity contribution in [2.45, 2.75) is 18.9 Å². The summed E-state index contributed by atoms with van der Waals surface area (Å²) in [6, 6.07) is -0.884. The van der Waals surface area contributed by atoms with Crippen LogP contribution in [0.5, 0.6) is 0 Å². The number of nitrogens with one attached hydrogen (secondary N) is 1. The van der Waals surface area contributed by atoms with E-state index in [2.05, 4.69) is 10.5 Å². The number of alkyl carbamates (subject to hydrolysis) is 1. The fraction of sp³-hybridized carbons (Fsp3) is 0.600. The molecular formula is C5H8N2O3. The average molecular weight is 144 g/mol. The zero-order valence-electron chi connectivity index (χ0n) is 5.29. The molecule has 10 heavy (non-hydrogen) atoms. The van der Waals surface area contributed by atoms with Crippen LogP contribution in [0.15, 0.2) is 0 Å². The Bertz CT molecular complexity index is 164. The third kappa shape index (κ3) is 2.34. The van der Waals surface area contributed by atoms with Crippen LogP contribution >= 0.6 is 0 Å². The highest BCUT2D eigenvalue weighted by molar-refractivity contribution is 5.89. The first-order valence-electron chi connectivity index (χ1n) is 2.95. The summed E-state index contributed by atoms with van der Waals surface area (Å²) in [6.07, 6.45) is 1.01. The number of primary amides is 1. The molecule has 0 spiro atoms. The van der Waals surface area contributed by atoms with Gasteiger partial charge in [-0.25, -0.2) is 14.9 Å². The van der Waals surface area contributed by atoms with Gasteiger partial charge in [0, 0.05) is 0 Å². The lowest BCUT2D eigenvalue weighted by Crippen LogP contribution is -2.35. The highest BCUT2D eigenvalue weighted by atomic mass is 16.6. The molecule has 0 aliphatic heterocycles. The minimum absolute atomic E-state index is 0.000602. The minimum atomic E-state index is -0.884. The number of hydrogen-bond donors (Lipinski definition) is 2. The van der Waals surface area contributed by atoms with Crippen molar-refractivity contribution in [3.05, 3.63) is 0 Å². The topological polar surface area (TPSA) is 81.4 Å². The summed E-state index contributed by atoms with van der Waals surface area (Å²) >= 11 is 0. The molecule has 5 heteroatoms. The van der Waals surface area contributed by atoms with E-state index in [0.717, 1.165) is 12.8 Å². The smallest absolute Gasteiger partial charge is 0.415 e. The monoisotopic (exact) mass is 144 g/mol. The van der Waals surface area contributed by atoms with Crippen molar-refractivity contribution in [3.63, 3.8) is 0 Å². The molecular weight excluding hydrogens is 136 g/mol. The Kier molecular flexibility index (Phi) is 1.75. The third-order valence-corrected chi connectivity index (χ3v) is 1.02. The van der Waals surface area contributed by atoms with Gasteiger partial charge in [0.25, 0.3) is 0 Å². The molecule has 0 heterocycles. The molecule has 56 valence electrons. The van der Waals surface area contributed by atoms with E-state index in [4.69, 9.17) is 0 Å². The number of rotatable bonds is 1. The molecule has 1 fully saturated rings. The zero-order valence-corrected chi connectivity index (χ0v) is 5.29. The van der Waals surface area contributed by atoms with Crippen LogP contribution in [-0.4, -0.2) is 18.2 Å². The standard InChI is InChI=1S/C5H8N2O3/c6-4(8)7-5(9)10-3-1-2-3/h3H,1-2H2,(H3,6,7,8,9). The molecule has 1 saturated carbocycles. The van der Waals surface area contributed by atoms with Crippen LogP contribution in [0.1, 0.15) is 12.8 Å². The van der Waals surface area contributed by atoms with Crippen molar-refractivity contribution in [2.75, 3.05) is 0 Å². The van der Waals surface area contributed by atoms with Gasteiger partial charge in [-0.15, -0.1) is 0 Å². The molecule has 5 nitrogen and oxygen atoms in total. The van der Waals surface area contributed by atoms with Crippen LogP contribution in [0.25, 0.3) is 0 Å². The van der Waals surface area contributed by atoms with Crippen molar-refractivity contribution in [1.82, 2.24) is 5.32 Å². The van der Waals surface area contributed by atoms with E-state index in [1.165, 1.54) is 0 Å². The molecule has 0 aromatic carbocycles. The van der Waals surface area contributed by atoms with Gasteiger partial charge in [-0.3, -0.25) is 0 Å². The van der Waals surface area contributed by atoms with E-state index in [9.17, 15) is 9.59 Å². The van der Waals surface area contributed by atoms with E-state index in [0.29, 0.717) is 0 Å². The summed E-state index contributed by atoms with van der Waals surface area (Å²) in [6.45, 7) is 0. The van der Waals surface area contributed by atoms with Gasteiger partial charge in [-0.2, -0.15) is 0 Å². The largest absolute Gasteiger partial charge is 0.446 e. The first-order valence-corrected chi connectivity index (χ1v) is 2.95. The minimum Gasteiger partial charge on any atom is -0.446 e. The van der Waals surface area contributed by atoms with E-state index in [1.54, 1.807) is 5.32 Å². The lowest BCUT2D eigenvalue weighted by Gasteiger charge is -1.99. The van der Waals surface area contributed by atoms with Gasteiger partial charge in [-0.05, 0) is 12.8 Å². The Hall–Kier alpha value is -1.26. The summed E-state index contributed by atoms with van der Waals surface area (Å²) in [5.74, 6) is 0. The lowest BCUT2D eigenvalue weighted by molar-refractivity contribution is 0.141. The Morgan fingerprint density at radius 3 is 2.50 bits per heavy atom. The van der Waals surface area contributed by atoms with Gasteiger partial charge in [0.15, 0.2) is 0 Å². The molecule has 0 radical (unpaired) electrons. The van der Waals surface area contributed by atoms with Crippen LogP contribution in [-0.2, 0) is 4.74 Å². The fourth-order valence-electron chi connectivity index (χ4n) is 0.467. The van der Waals surface area contributed by atoms with E-state index < -0.39 is 12.1 Å². The lowest BCUT2D eigenvalue weighted by atomic mass is 10.8. The van der Waals surface area contributed by atoms with Gasteiger partial charge < -0.3 is 10.5 Å². The maximum absolute atomic E-state index is 10.5. The van der Waals surface area contributed by atoms with Crippen molar-refractivity contribution in [3.8, 4) is 0 Å². The normalized spacial score (nSPS) is 16.0. The molecule has 0 saturated heterocycles. The summed E-state index contributed by atoms with van der Waals surface area (Å²) in [7, 11) is 0. The Morgan fingerprint density at radius 2 is 2.10 bits per heavy atom. The average Bonchev–Trinajstić information content (AvgIpc) is 2.46. The van der Waals surface area contributed by atoms with Gasteiger partial charge in [-0.1, -0.05) is 0 Å². The Labute approximate surface area is 57.5 Å². The molecule has 0 atom stereocenters. The summed E-state index contributed by atoms with van der Waals surface area (Å²) in [5, 5.41) is 1.79. The molecule has 1 aliphatic rings. The van der Waals surface area contributed by atoms with Gasteiger partial charge in [0.1, 0.15) is 6.10 Å². The van der Waals surface area contributed by atoms with E-state index in [1.807, 2.05) is 0 Å². The van der Waals surface area contributed by atoms with Crippen LogP contribution in [0.4, 0.5) is 9.59 Å². The summed E-state index contributed by atoms with van der Waals surface area (Å²) < 4.78 is 4.62. The van der Waals surface area contributed by atoms with Crippen LogP contribution in [0.3, 0.4) is 0 Å². The van der Waals surface area contributed by atoms with Crippen molar-refractivity contribution in [1.29, 1.82) is 0 Å². The highest BCUT2D eigenvalue weighted by Crippen LogP contribution is 2.23. The van der Waals surface area contributed by atoms with Crippen molar-refractivity contribution >= 4 is 12.1 Å². The number of nitrogens with two attached hydrogens (primary N) is 1. The zero-order chi connectivity index (χ0) is 7.56. The number of urea groups is 1. The first-order chi connectivity index (χ1) is 4.68. The van der Waals surface area contributed by atoms with Gasteiger partial charge in [0.2, 0.25) is 0 Å². The second kappa shape index (κ2) is 2.55. The first kappa shape index (κ1) is 6.85. The second-order valence-electron chi connectivity index (χ2n) is 2.09. The molecule has 3 N–H and O–H groups in total. The SMILES string of the molecule is NC(=O)NC(=O)OC1CC1. The number of carbonyl (C=O) groups is 2. The highest BCUT2D eigenvalue weighted by Gasteiger charge is 2.26. The molecule has 1 rings (SSSR count). The van der Waals surface area contributed by atoms with Gasteiger partial charge >= 0.3 is 12.1 Å². The van der Waals surface area contributed by atoms with Crippen LogP contribution in [0.2, 0.25) is 0 Å². The molecule has 0 bridgehead atoms. The molecule has 0 aromatic heterocycles. The maximum atomic E-state index is 10.5. The molecule has 0 unspecified atom stereocenters. The number of ether oxygens (including phenoxy) is 1. The van der Waals surface area contributed by atoms with Crippen molar-refractivity contribution in [2.24, 2.45) is 5.73 Å². The van der Waals surface area contributed by atoms with Crippen LogP contribution < -0.4 is 11.1 Å².